The molecule has 1 amide bonds. The van der Waals surface area contributed by atoms with Crippen LogP contribution in [-0.2, 0) is 23.0 Å². The summed E-state index contributed by atoms with van der Waals surface area (Å²) in [4.78, 5) is 12.9. The Morgan fingerprint density at radius 2 is 1.83 bits per heavy atom. The number of carbonyl (C=O) groups excluding carboxylic acids is 1. The summed E-state index contributed by atoms with van der Waals surface area (Å²) < 4.78 is 27.9. The zero-order valence-corrected chi connectivity index (χ0v) is 18.0. The van der Waals surface area contributed by atoms with E-state index in [-0.39, 0.29) is 15.5 Å². The molecule has 8 heteroatoms. The van der Waals surface area contributed by atoms with Gasteiger partial charge in [0, 0.05) is 13.1 Å². The van der Waals surface area contributed by atoms with Crippen molar-refractivity contribution < 1.29 is 13.2 Å². The monoisotopic (exact) mass is 443 g/mol. The third kappa shape index (κ3) is 3.83. The Morgan fingerprint density at radius 3 is 2.53 bits per heavy atom. The largest absolute Gasteiger partial charge is 0.334 e. The van der Waals surface area contributed by atoms with Gasteiger partial charge in [-0.1, -0.05) is 35.9 Å². The van der Waals surface area contributed by atoms with Crippen LogP contribution in [0.4, 0.5) is 0 Å². The molecule has 156 valence electrons. The molecule has 4 rings (SSSR count). The average Bonchev–Trinajstić information content (AvgIpc) is 3.22. The number of sulfonamides is 1. The van der Waals surface area contributed by atoms with Crippen LogP contribution in [-0.4, -0.2) is 30.7 Å². The predicted octanol–water partition coefficient (Wildman–Crippen LogP) is 3.65. The van der Waals surface area contributed by atoms with E-state index in [0.717, 1.165) is 24.0 Å². The molecule has 2 aliphatic rings. The van der Waals surface area contributed by atoms with Crippen molar-refractivity contribution in [2.24, 2.45) is 0 Å². The number of fused-ring (bicyclic) bond motifs is 1. The molecule has 0 radical (unpaired) electrons. The first-order valence-electron chi connectivity index (χ1n) is 9.95. The number of halogens is 1. The molecular formula is C22H22ClN3O3S. The lowest BCUT2D eigenvalue weighted by atomic mass is 9.99. The second-order valence-electron chi connectivity index (χ2n) is 7.85. The Labute approximate surface area is 181 Å². The van der Waals surface area contributed by atoms with Gasteiger partial charge in [0.05, 0.1) is 21.6 Å². The summed E-state index contributed by atoms with van der Waals surface area (Å²) in [6.45, 7) is 0.668. The standard InChI is InChI=1S/C22H22ClN3O3S/c23-20-8-7-18(13-19(20)21(27)25-22(15-24)10-3-4-11-22)30(28,29)26-12-9-16-5-1-2-6-17(16)14-26/h1-2,5-8,13H,3-4,9-12,14H2,(H,25,27). The van der Waals surface area contributed by atoms with Gasteiger partial charge in [0.25, 0.3) is 5.91 Å². The molecule has 1 aliphatic carbocycles. The molecule has 2 aromatic carbocycles. The summed E-state index contributed by atoms with van der Waals surface area (Å²) in [7, 11) is -3.80. The van der Waals surface area contributed by atoms with E-state index < -0.39 is 21.5 Å². The smallest absolute Gasteiger partial charge is 0.254 e. The molecule has 1 fully saturated rings. The van der Waals surface area contributed by atoms with Crippen LogP contribution >= 0.6 is 11.6 Å². The fourth-order valence-electron chi connectivity index (χ4n) is 4.19. The molecule has 6 nitrogen and oxygen atoms in total. The van der Waals surface area contributed by atoms with E-state index in [4.69, 9.17) is 11.6 Å². The van der Waals surface area contributed by atoms with Crippen molar-refractivity contribution in [3.05, 3.63) is 64.2 Å². The van der Waals surface area contributed by atoms with Crippen LogP contribution in [0.5, 0.6) is 0 Å². The highest BCUT2D eigenvalue weighted by molar-refractivity contribution is 7.89. The molecule has 30 heavy (non-hydrogen) atoms. The highest BCUT2D eigenvalue weighted by Gasteiger charge is 2.36. The first kappa shape index (κ1) is 20.9. The second kappa shape index (κ2) is 8.03. The van der Waals surface area contributed by atoms with Crippen LogP contribution in [0, 0.1) is 11.3 Å². The van der Waals surface area contributed by atoms with E-state index in [1.54, 1.807) is 0 Å². The van der Waals surface area contributed by atoms with Gasteiger partial charge in [-0.3, -0.25) is 4.79 Å². The lowest BCUT2D eigenvalue weighted by Gasteiger charge is -2.28. The van der Waals surface area contributed by atoms with Gasteiger partial charge in [-0.2, -0.15) is 9.57 Å². The fraction of sp³-hybridized carbons (Fsp3) is 0.364. The van der Waals surface area contributed by atoms with Gasteiger partial charge in [-0.05, 0) is 61.4 Å². The van der Waals surface area contributed by atoms with Crippen LogP contribution in [0.3, 0.4) is 0 Å². The molecule has 0 atom stereocenters. The number of benzene rings is 2. The van der Waals surface area contributed by atoms with Crippen molar-refractivity contribution in [3.8, 4) is 6.07 Å². The van der Waals surface area contributed by atoms with Crippen LogP contribution in [0.15, 0.2) is 47.4 Å². The maximum absolute atomic E-state index is 13.2. The van der Waals surface area contributed by atoms with Gasteiger partial charge in [0.1, 0.15) is 5.54 Å². The lowest BCUT2D eigenvalue weighted by Crippen LogP contribution is -2.45. The molecule has 0 bridgehead atoms. The zero-order valence-electron chi connectivity index (χ0n) is 16.4. The molecule has 1 aliphatic heterocycles. The number of hydrogen-bond acceptors (Lipinski definition) is 4. The fourth-order valence-corrected chi connectivity index (χ4v) is 5.84. The first-order chi connectivity index (χ1) is 14.3. The number of amides is 1. The summed E-state index contributed by atoms with van der Waals surface area (Å²) in [6.07, 6.45) is 3.54. The minimum Gasteiger partial charge on any atom is -0.334 e. The maximum atomic E-state index is 13.2. The minimum absolute atomic E-state index is 0.0221. The van der Waals surface area contributed by atoms with E-state index >= 15 is 0 Å². The summed E-state index contributed by atoms with van der Waals surface area (Å²) in [5.41, 5.74) is 1.29. The Kier molecular flexibility index (Phi) is 5.58. The van der Waals surface area contributed by atoms with Crippen molar-refractivity contribution in [3.63, 3.8) is 0 Å². The van der Waals surface area contributed by atoms with Gasteiger partial charge < -0.3 is 5.32 Å². The minimum atomic E-state index is -3.80. The van der Waals surface area contributed by atoms with Gasteiger partial charge >= 0.3 is 0 Å². The van der Waals surface area contributed by atoms with Crippen LogP contribution in [0.2, 0.25) is 5.02 Å². The molecule has 1 N–H and O–H groups in total. The molecular weight excluding hydrogens is 422 g/mol. The number of nitrogens with zero attached hydrogens (tertiary/aromatic N) is 2. The van der Waals surface area contributed by atoms with Gasteiger partial charge in [-0.15, -0.1) is 0 Å². The first-order valence-corrected chi connectivity index (χ1v) is 11.8. The van der Waals surface area contributed by atoms with Gasteiger partial charge in [-0.25, -0.2) is 8.42 Å². The van der Waals surface area contributed by atoms with Crippen molar-refractivity contribution in [2.45, 2.75) is 49.1 Å². The van der Waals surface area contributed by atoms with Gasteiger partial charge in [0.2, 0.25) is 10.0 Å². The highest BCUT2D eigenvalue weighted by atomic mass is 35.5. The average molecular weight is 444 g/mol. The number of nitrogens with one attached hydrogen (secondary N) is 1. The Bertz CT molecular complexity index is 1130. The Morgan fingerprint density at radius 1 is 1.13 bits per heavy atom. The summed E-state index contributed by atoms with van der Waals surface area (Å²) >= 11 is 6.22. The molecule has 1 saturated carbocycles. The van der Waals surface area contributed by atoms with E-state index in [0.29, 0.717) is 32.4 Å². The SMILES string of the molecule is N#CC1(NC(=O)c2cc(S(=O)(=O)N3CCc4ccccc4C3)ccc2Cl)CCCC1. The number of rotatable bonds is 4. The van der Waals surface area contributed by atoms with Crippen LogP contribution in [0.25, 0.3) is 0 Å². The van der Waals surface area contributed by atoms with Crippen molar-refractivity contribution >= 4 is 27.5 Å². The zero-order chi connectivity index (χ0) is 21.4. The third-order valence-corrected chi connectivity index (χ3v) is 8.11. The quantitative estimate of drug-likeness (QED) is 0.780. The summed E-state index contributed by atoms with van der Waals surface area (Å²) in [5, 5.41) is 12.4. The molecule has 1 heterocycles. The molecule has 0 saturated heterocycles. The van der Waals surface area contributed by atoms with E-state index in [2.05, 4.69) is 11.4 Å². The maximum Gasteiger partial charge on any atom is 0.254 e. The van der Waals surface area contributed by atoms with E-state index in [9.17, 15) is 18.5 Å². The van der Waals surface area contributed by atoms with Gasteiger partial charge in [0.15, 0.2) is 0 Å². The molecule has 2 aromatic rings. The van der Waals surface area contributed by atoms with Crippen molar-refractivity contribution in [2.75, 3.05) is 6.54 Å². The lowest BCUT2D eigenvalue weighted by molar-refractivity contribution is 0.0920. The molecule has 0 aromatic heterocycles. The Balaban J connectivity index is 1.61. The normalized spacial score (nSPS) is 18.4. The third-order valence-electron chi connectivity index (χ3n) is 5.94. The van der Waals surface area contributed by atoms with Crippen molar-refractivity contribution in [1.82, 2.24) is 9.62 Å². The Hall–Kier alpha value is -2.40. The topological polar surface area (TPSA) is 90.3 Å². The van der Waals surface area contributed by atoms with Crippen molar-refractivity contribution in [1.29, 1.82) is 5.26 Å². The van der Waals surface area contributed by atoms with Crippen LogP contribution in [0.1, 0.15) is 47.2 Å². The summed E-state index contributed by atoms with van der Waals surface area (Å²) in [5.74, 6) is -0.524. The molecule has 0 spiro atoms. The predicted molar refractivity (Wildman–Crippen MR) is 113 cm³/mol. The number of nitriles is 1. The number of carbonyl (C=O) groups is 1. The summed E-state index contributed by atoms with van der Waals surface area (Å²) in [6, 6.07) is 14.2. The van der Waals surface area contributed by atoms with E-state index in [1.165, 1.54) is 22.5 Å². The van der Waals surface area contributed by atoms with Crippen LogP contribution < -0.4 is 5.32 Å². The molecule has 0 unspecified atom stereocenters. The second-order valence-corrected chi connectivity index (χ2v) is 10.2. The number of hydrogen-bond donors (Lipinski definition) is 1. The highest BCUT2D eigenvalue weighted by Crippen LogP contribution is 2.31. The van der Waals surface area contributed by atoms with E-state index in [1.807, 2.05) is 24.3 Å².